The monoisotopic (exact) mass is 239 g/mol. The van der Waals surface area contributed by atoms with E-state index in [0.717, 1.165) is 0 Å². The molecule has 0 spiro atoms. The van der Waals surface area contributed by atoms with E-state index in [1.54, 1.807) is 26.9 Å². The summed E-state index contributed by atoms with van der Waals surface area (Å²) < 4.78 is 5.40. The molecular weight excluding hydrogens is 218 g/mol. The van der Waals surface area contributed by atoms with Crippen LogP contribution in [0.2, 0.25) is 0 Å². The van der Waals surface area contributed by atoms with E-state index in [1.807, 2.05) is 13.8 Å². The summed E-state index contributed by atoms with van der Waals surface area (Å²) in [6.45, 7) is 12.5. The summed E-state index contributed by atoms with van der Waals surface area (Å²) in [6, 6.07) is 0. The van der Waals surface area contributed by atoms with Crippen LogP contribution in [-0.2, 0) is 14.3 Å². The number of hydrogen-bond acceptors (Lipinski definition) is 4. The second-order valence-electron chi connectivity index (χ2n) is 5.17. The van der Waals surface area contributed by atoms with Gasteiger partial charge in [-0.25, -0.2) is 9.59 Å². The number of nitrogens with zero attached hydrogens (tertiary/aromatic N) is 1. The normalized spacial score (nSPS) is 14.4. The molecule has 0 aromatic rings. The van der Waals surface area contributed by atoms with Crippen LogP contribution in [0.15, 0.2) is 17.1 Å². The van der Waals surface area contributed by atoms with Gasteiger partial charge in [0.2, 0.25) is 6.08 Å². The maximum atomic E-state index is 11.5. The summed E-state index contributed by atoms with van der Waals surface area (Å²) >= 11 is 0. The van der Waals surface area contributed by atoms with Gasteiger partial charge in [0.25, 0.3) is 0 Å². The number of esters is 1. The van der Waals surface area contributed by atoms with Crippen molar-refractivity contribution in [2.45, 2.75) is 58.6 Å². The molecule has 1 atom stereocenters. The Morgan fingerprint density at radius 3 is 2.29 bits per heavy atom. The standard InChI is InChI=1S/C13H21NO3/c1-7-13(6,17-11(16)10(2)3)8-12(4,5)14-9-15/h2,7-8H2,1,3-6H3. The summed E-state index contributed by atoms with van der Waals surface area (Å²) in [7, 11) is 0. The van der Waals surface area contributed by atoms with Gasteiger partial charge in [-0.15, -0.1) is 0 Å². The molecule has 0 fully saturated rings. The summed E-state index contributed by atoms with van der Waals surface area (Å²) in [5, 5.41) is 0. The molecule has 0 saturated carbocycles. The second-order valence-corrected chi connectivity index (χ2v) is 5.17. The van der Waals surface area contributed by atoms with Gasteiger partial charge in [0.1, 0.15) is 5.60 Å². The zero-order valence-corrected chi connectivity index (χ0v) is 11.3. The fraction of sp³-hybridized carbons (Fsp3) is 0.692. The first-order valence-corrected chi connectivity index (χ1v) is 5.64. The van der Waals surface area contributed by atoms with Crippen LogP contribution in [0.4, 0.5) is 0 Å². The second kappa shape index (κ2) is 5.78. The maximum Gasteiger partial charge on any atom is 0.333 e. The number of isocyanates is 1. The number of ether oxygens (including phenoxy) is 1. The van der Waals surface area contributed by atoms with E-state index in [0.29, 0.717) is 18.4 Å². The van der Waals surface area contributed by atoms with Gasteiger partial charge in [-0.2, -0.15) is 4.99 Å². The minimum Gasteiger partial charge on any atom is -0.456 e. The van der Waals surface area contributed by atoms with Crippen molar-refractivity contribution in [1.29, 1.82) is 0 Å². The lowest BCUT2D eigenvalue weighted by atomic mass is 9.86. The number of aliphatic imine (C=N–C) groups is 1. The van der Waals surface area contributed by atoms with Crippen LogP contribution in [0, 0.1) is 0 Å². The first-order chi connectivity index (χ1) is 7.66. The highest BCUT2D eigenvalue weighted by molar-refractivity contribution is 5.87. The Kier molecular flexibility index (Phi) is 5.30. The molecule has 0 aromatic carbocycles. The molecule has 96 valence electrons. The van der Waals surface area contributed by atoms with Crippen LogP contribution in [0.5, 0.6) is 0 Å². The largest absolute Gasteiger partial charge is 0.456 e. The Hall–Kier alpha value is -1.41. The van der Waals surface area contributed by atoms with Gasteiger partial charge in [-0.1, -0.05) is 13.5 Å². The topological polar surface area (TPSA) is 55.7 Å². The quantitative estimate of drug-likeness (QED) is 0.310. The molecule has 0 amide bonds. The molecule has 0 bridgehead atoms. The molecule has 0 N–H and O–H groups in total. The highest BCUT2D eigenvalue weighted by atomic mass is 16.6. The van der Waals surface area contributed by atoms with Gasteiger partial charge in [0.05, 0.1) is 5.54 Å². The Morgan fingerprint density at radius 1 is 1.41 bits per heavy atom. The van der Waals surface area contributed by atoms with Crippen LogP contribution in [0.1, 0.15) is 47.5 Å². The van der Waals surface area contributed by atoms with Gasteiger partial charge in [0, 0.05) is 12.0 Å². The molecule has 0 rings (SSSR count). The van der Waals surface area contributed by atoms with Gasteiger partial charge in [-0.3, -0.25) is 0 Å². The van der Waals surface area contributed by atoms with Crippen molar-refractivity contribution in [3.05, 3.63) is 12.2 Å². The van der Waals surface area contributed by atoms with E-state index in [9.17, 15) is 9.59 Å². The minimum atomic E-state index is -0.653. The van der Waals surface area contributed by atoms with E-state index in [4.69, 9.17) is 4.74 Å². The average molecular weight is 239 g/mol. The lowest BCUT2D eigenvalue weighted by molar-refractivity contribution is -0.155. The first-order valence-electron chi connectivity index (χ1n) is 5.64. The van der Waals surface area contributed by atoms with Crippen molar-refractivity contribution in [2.24, 2.45) is 4.99 Å². The molecule has 0 aliphatic rings. The molecular formula is C13H21NO3. The van der Waals surface area contributed by atoms with Gasteiger partial charge in [0.15, 0.2) is 0 Å². The Labute approximate surface area is 103 Å². The third-order valence-electron chi connectivity index (χ3n) is 2.59. The Morgan fingerprint density at radius 2 is 1.94 bits per heavy atom. The van der Waals surface area contributed by atoms with Crippen molar-refractivity contribution in [3.63, 3.8) is 0 Å². The molecule has 0 radical (unpaired) electrons. The Balaban J connectivity index is 4.85. The summed E-state index contributed by atoms with van der Waals surface area (Å²) in [6.07, 6.45) is 2.65. The number of carbonyl (C=O) groups excluding carboxylic acids is 2. The zero-order valence-electron chi connectivity index (χ0n) is 11.3. The van der Waals surface area contributed by atoms with E-state index in [-0.39, 0.29) is 0 Å². The van der Waals surface area contributed by atoms with Crippen LogP contribution >= 0.6 is 0 Å². The predicted octanol–water partition coefficient (Wildman–Crippen LogP) is 2.78. The number of carbonyl (C=O) groups is 1. The fourth-order valence-corrected chi connectivity index (χ4v) is 1.62. The molecule has 1 unspecified atom stereocenters. The first kappa shape index (κ1) is 15.6. The maximum absolute atomic E-state index is 11.5. The third-order valence-corrected chi connectivity index (χ3v) is 2.59. The fourth-order valence-electron chi connectivity index (χ4n) is 1.62. The highest BCUT2D eigenvalue weighted by Crippen LogP contribution is 2.29. The van der Waals surface area contributed by atoms with E-state index >= 15 is 0 Å². The lowest BCUT2D eigenvalue weighted by Gasteiger charge is -2.33. The molecule has 0 heterocycles. The molecule has 0 aromatic heterocycles. The van der Waals surface area contributed by atoms with Crippen molar-refractivity contribution in [2.75, 3.05) is 0 Å². The number of hydrogen-bond donors (Lipinski definition) is 0. The van der Waals surface area contributed by atoms with E-state index < -0.39 is 17.1 Å². The van der Waals surface area contributed by atoms with Crippen LogP contribution in [0.3, 0.4) is 0 Å². The van der Waals surface area contributed by atoms with Crippen molar-refractivity contribution in [3.8, 4) is 0 Å². The van der Waals surface area contributed by atoms with Crippen molar-refractivity contribution >= 4 is 12.0 Å². The average Bonchev–Trinajstić information content (AvgIpc) is 2.16. The molecule has 0 saturated heterocycles. The highest BCUT2D eigenvalue weighted by Gasteiger charge is 2.34. The van der Waals surface area contributed by atoms with E-state index in [1.165, 1.54) is 0 Å². The lowest BCUT2D eigenvalue weighted by Crippen LogP contribution is -2.38. The molecule has 17 heavy (non-hydrogen) atoms. The van der Waals surface area contributed by atoms with Gasteiger partial charge >= 0.3 is 5.97 Å². The smallest absolute Gasteiger partial charge is 0.333 e. The van der Waals surface area contributed by atoms with Gasteiger partial charge < -0.3 is 4.74 Å². The third kappa shape index (κ3) is 5.45. The molecule has 4 nitrogen and oxygen atoms in total. The summed E-state index contributed by atoms with van der Waals surface area (Å²) in [5.41, 5.74) is -0.886. The molecule has 4 heteroatoms. The van der Waals surface area contributed by atoms with Crippen LogP contribution in [0.25, 0.3) is 0 Å². The van der Waals surface area contributed by atoms with Crippen molar-refractivity contribution in [1.82, 2.24) is 0 Å². The SMILES string of the molecule is C=C(C)C(=O)OC(C)(CC)CC(C)(C)N=C=O. The zero-order chi connectivity index (χ0) is 13.7. The predicted molar refractivity (Wildman–Crippen MR) is 66.4 cm³/mol. The summed E-state index contributed by atoms with van der Waals surface area (Å²) in [5.74, 6) is -0.416. The van der Waals surface area contributed by atoms with E-state index in [2.05, 4.69) is 11.6 Å². The van der Waals surface area contributed by atoms with Crippen LogP contribution in [-0.4, -0.2) is 23.2 Å². The molecule has 0 aliphatic carbocycles. The van der Waals surface area contributed by atoms with Gasteiger partial charge in [-0.05, 0) is 34.1 Å². The summed E-state index contributed by atoms with van der Waals surface area (Å²) in [4.78, 5) is 25.6. The Bertz CT molecular complexity index is 354. The molecule has 0 aliphatic heterocycles. The minimum absolute atomic E-state index is 0.362. The van der Waals surface area contributed by atoms with Crippen LogP contribution < -0.4 is 0 Å². The van der Waals surface area contributed by atoms with Crippen molar-refractivity contribution < 1.29 is 14.3 Å². The number of rotatable bonds is 6.